The first-order valence-electron chi connectivity index (χ1n) is 5.55. The lowest BCUT2D eigenvalue weighted by atomic mass is 10.1. The van der Waals surface area contributed by atoms with Gasteiger partial charge in [0.05, 0.1) is 5.01 Å². The van der Waals surface area contributed by atoms with Crippen molar-refractivity contribution in [2.45, 2.75) is 26.4 Å². The van der Waals surface area contributed by atoms with E-state index >= 15 is 0 Å². The number of benzene rings is 1. The number of aryl methyl sites for hydroxylation is 1. The molecule has 0 bridgehead atoms. The largest absolute Gasteiger partial charge is 0.305 e. The summed E-state index contributed by atoms with van der Waals surface area (Å²) in [5.74, 6) is -0.195. The second-order valence-corrected chi connectivity index (χ2v) is 5.32. The van der Waals surface area contributed by atoms with Crippen LogP contribution in [0, 0.1) is 12.7 Å². The van der Waals surface area contributed by atoms with Crippen LogP contribution < -0.4 is 5.32 Å². The van der Waals surface area contributed by atoms with Gasteiger partial charge in [0.1, 0.15) is 5.82 Å². The molecule has 1 unspecified atom stereocenters. The Balaban J connectivity index is 1.93. The average Bonchev–Trinajstić information content (AvgIpc) is 2.73. The van der Waals surface area contributed by atoms with Crippen molar-refractivity contribution in [1.29, 1.82) is 0 Å². The second-order valence-electron chi connectivity index (χ2n) is 4.00. The molecule has 1 N–H and O–H groups in total. The van der Waals surface area contributed by atoms with Crippen LogP contribution in [0.4, 0.5) is 4.39 Å². The van der Waals surface area contributed by atoms with Crippen LogP contribution in [-0.4, -0.2) is 4.98 Å². The number of hydrogen-bond donors (Lipinski definition) is 1. The Kier molecular flexibility index (Phi) is 3.86. The third-order valence-electron chi connectivity index (χ3n) is 2.62. The fraction of sp³-hybridized carbons (Fsp3) is 0.308. The molecule has 1 aromatic carbocycles. The smallest absolute Gasteiger partial charge is 0.123 e. The van der Waals surface area contributed by atoms with Gasteiger partial charge in [-0.3, -0.25) is 0 Å². The van der Waals surface area contributed by atoms with Gasteiger partial charge in [-0.05, 0) is 31.5 Å². The standard InChI is InChI=1S/C13H15FN2S/c1-9(11-3-5-12(14)6-4-11)15-7-13-8-16-10(2)17-13/h3-6,8-9,15H,7H2,1-2H3. The second kappa shape index (κ2) is 5.38. The van der Waals surface area contributed by atoms with Gasteiger partial charge >= 0.3 is 0 Å². The first kappa shape index (κ1) is 12.2. The summed E-state index contributed by atoms with van der Waals surface area (Å²) < 4.78 is 12.8. The molecule has 4 heteroatoms. The van der Waals surface area contributed by atoms with Gasteiger partial charge in [-0.2, -0.15) is 0 Å². The van der Waals surface area contributed by atoms with Crippen molar-refractivity contribution < 1.29 is 4.39 Å². The number of aromatic nitrogens is 1. The summed E-state index contributed by atoms with van der Waals surface area (Å²) in [7, 11) is 0. The van der Waals surface area contributed by atoms with E-state index in [1.54, 1.807) is 11.3 Å². The quantitative estimate of drug-likeness (QED) is 0.899. The van der Waals surface area contributed by atoms with Gasteiger partial charge in [0, 0.05) is 23.7 Å². The molecule has 0 aliphatic heterocycles. The molecule has 17 heavy (non-hydrogen) atoms. The van der Waals surface area contributed by atoms with Crippen molar-refractivity contribution in [3.8, 4) is 0 Å². The van der Waals surface area contributed by atoms with Crippen LogP contribution in [-0.2, 0) is 6.54 Å². The lowest BCUT2D eigenvalue weighted by Crippen LogP contribution is -2.17. The summed E-state index contributed by atoms with van der Waals surface area (Å²) in [4.78, 5) is 5.43. The number of rotatable bonds is 4. The van der Waals surface area contributed by atoms with Crippen molar-refractivity contribution in [2.75, 3.05) is 0 Å². The van der Waals surface area contributed by atoms with Crippen LogP contribution >= 0.6 is 11.3 Å². The van der Waals surface area contributed by atoms with Gasteiger partial charge in [0.15, 0.2) is 0 Å². The molecule has 0 radical (unpaired) electrons. The molecule has 0 spiro atoms. The number of thiazole rings is 1. The SMILES string of the molecule is Cc1ncc(CNC(C)c2ccc(F)cc2)s1. The Bertz CT molecular complexity index is 478. The molecule has 2 rings (SSSR count). The van der Waals surface area contributed by atoms with E-state index < -0.39 is 0 Å². The number of hydrogen-bond acceptors (Lipinski definition) is 3. The number of nitrogens with zero attached hydrogens (tertiary/aromatic N) is 1. The van der Waals surface area contributed by atoms with E-state index in [9.17, 15) is 4.39 Å². The van der Waals surface area contributed by atoms with Crippen LogP contribution in [0.5, 0.6) is 0 Å². The number of nitrogens with one attached hydrogen (secondary N) is 1. The van der Waals surface area contributed by atoms with E-state index in [0.717, 1.165) is 17.1 Å². The van der Waals surface area contributed by atoms with Crippen molar-refractivity contribution >= 4 is 11.3 Å². The lowest BCUT2D eigenvalue weighted by Gasteiger charge is -2.13. The molecule has 0 saturated heterocycles. The molecule has 0 fully saturated rings. The highest BCUT2D eigenvalue weighted by Gasteiger charge is 2.05. The zero-order chi connectivity index (χ0) is 12.3. The molecule has 1 atom stereocenters. The molecule has 2 aromatic rings. The Morgan fingerprint density at radius 2 is 2.06 bits per heavy atom. The Morgan fingerprint density at radius 3 is 2.65 bits per heavy atom. The zero-order valence-corrected chi connectivity index (χ0v) is 10.7. The van der Waals surface area contributed by atoms with Gasteiger partial charge in [-0.25, -0.2) is 9.37 Å². The predicted octanol–water partition coefficient (Wildman–Crippen LogP) is 3.44. The molecule has 90 valence electrons. The first-order valence-corrected chi connectivity index (χ1v) is 6.37. The third-order valence-corrected chi connectivity index (χ3v) is 3.53. The first-order chi connectivity index (χ1) is 8.15. The van der Waals surface area contributed by atoms with Gasteiger partial charge in [0.25, 0.3) is 0 Å². The third kappa shape index (κ3) is 3.35. The van der Waals surface area contributed by atoms with Crippen molar-refractivity contribution in [2.24, 2.45) is 0 Å². The number of halogens is 1. The van der Waals surface area contributed by atoms with Crippen molar-refractivity contribution in [1.82, 2.24) is 10.3 Å². The zero-order valence-electron chi connectivity index (χ0n) is 9.90. The maximum absolute atomic E-state index is 12.8. The topological polar surface area (TPSA) is 24.9 Å². The molecule has 1 aromatic heterocycles. The molecule has 0 amide bonds. The van der Waals surface area contributed by atoms with Crippen LogP contribution in [0.15, 0.2) is 30.5 Å². The van der Waals surface area contributed by atoms with E-state index in [1.807, 2.05) is 25.3 Å². The average molecular weight is 250 g/mol. The van der Waals surface area contributed by atoms with Crippen LogP contribution in [0.3, 0.4) is 0 Å². The highest BCUT2D eigenvalue weighted by molar-refractivity contribution is 7.11. The summed E-state index contributed by atoms with van der Waals surface area (Å²) in [5.41, 5.74) is 1.09. The van der Waals surface area contributed by atoms with E-state index in [-0.39, 0.29) is 11.9 Å². The molecular formula is C13H15FN2S. The van der Waals surface area contributed by atoms with Crippen molar-refractivity contribution in [3.63, 3.8) is 0 Å². The maximum Gasteiger partial charge on any atom is 0.123 e. The van der Waals surface area contributed by atoms with Crippen molar-refractivity contribution in [3.05, 3.63) is 51.7 Å². The van der Waals surface area contributed by atoms with Gasteiger partial charge in [-0.15, -0.1) is 11.3 Å². The molecule has 0 saturated carbocycles. The maximum atomic E-state index is 12.8. The Labute approximate surface area is 105 Å². The monoisotopic (exact) mass is 250 g/mol. The highest BCUT2D eigenvalue weighted by Crippen LogP contribution is 2.16. The van der Waals surface area contributed by atoms with E-state index in [1.165, 1.54) is 17.0 Å². The highest BCUT2D eigenvalue weighted by atomic mass is 32.1. The fourth-order valence-corrected chi connectivity index (χ4v) is 2.36. The summed E-state index contributed by atoms with van der Waals surface area (Å²) in [6.07, 6.45) is 1.89. The minimum absolute atomic E-state index is 0.195. The molecule has 1 heterocycles. The molecule has 2 nitrogen and oxygen atoms in total. The molecular weight excluding hydrogens is 235 g/mol. The Hall–Kier alpha value is -1.26. The summed E-state index contributed by atoms with van der Waals surface area (Å²) in [6.45, 7) is 4.86. The molecule has 0 aliphatic carbocycles. The van der Waals surface area contributed by atoms with E-state index in [0.29, 0.717) is 0 Å². The van der Waals surface area contributed by atoms with Gasteiger partial charge in [-0.1, -0.05) is 12.1 Å². The van der Waals surface area contributed by atoms with Crippen LogP contribution in [0.25, 0.3) is 0 Å². The minimum Gasteiger partial charge on any atom is -0.305 e. The van der Waals surface area contributed by atoms with Gasteiger partial charge < -0.3 is 5.32 Å². The van der Waals surface area contributed by atoms with Gasteiger partial charge in [0.2, 0.25) is 0 Å². The minimum atomic E-state index is -0.195. The van der Waals surface area contributed by atoms with E-state index in [2.05, 4.69) is 17.2 Å². The van der Waals surface area contributed by atoms with E-state index in [4.69, 9.17) is 0 Å². The summed E-state index contributed by atoms with van der Waals surface area (Å²) in [6, 6.07) is 6.81. The summed E-state index contributed by atoms with van der Waals surface area (Å²) in [5, 5.41) is 4.48. The fourth-order valence-electron chi connectivity index (χ4n) is 1.61. The summed E-state index contributed by atoms with van der Waals surface area (Å²) >= 11 is 1.69. The lowest BCUT2D eigenvalue weighted by molar-refractivity contribution is 0.574. The Morgan fingerprint density at radius 1 is 1.35 bits per heavy atom. The van der Waals surface area contributed by atoms with Crippen LogP contribution in [0.2, 0.25) is 0 Å². The molecule has 0 aliphatic rings. The van der Waals surface area contributed by atoms with Crippen LogP contribution in [0.1, 0.15) is 28.4 Å². The normalized spacial score (nSPS) is 12.6. The predicted molar refractivity (Wildman–Crippen MR) is 68.5 cm³/mol.